The van der Waals surface area contributed by atoms with E-state index < -0.39 is 5.54 Å². The van der Waals surface area contributed by atoms with Crippen molar-refractivity contribution in [2.75, 3.05) is 6.67 Å². The summed E-state index contributed by atoms with van der Waals surface area (Å²) >= 11 is 0. The summed E-state index contributed by atoms with van der Waals surface area (Å²) in [4.78, 5) is 26.8. The first kappa shape index (κ1) is 17.5. The lowest BCUT2D eigenvalue weighted by Gasteiger charge is -2.44. The maximum atomic E-state index is 13.2. The van der Waals surface area contributed by atoms with Crippen molar-refractivity contribution in [2.24, 2.45) is 0 Å². The molecule has 0 unspecified atom stereocenters. The number of nitrogens with one attached hydrogen (secondary N) is 2. The fraction of sp³-hybridized carbons (Fsp3) is 0.600. The van der Waals surface area contributed by atoms with Crippen LogP contribution in [0.25, 0.3) is 0 Å². The van der Waals surface area contributed by atoms with Crippen LogP contribution in [0.3, 0.4) is 0 Å². The number of urea groups is 1. The number of carbonyl (C=O) groups is 2. The lowest BCUT2D eigenvalue weighted by Crippen LogP contribution is -2.53. The molecule has 3 aliphatic rings. The molecular formula is C20H26FN3O2. The molecular weight excluding hydrogens is 333 g/mol. The van der Waals surface area contributed by atoms with E-state index >= 15 is 0 Å². The average molecular weight is 359 g/mol. The van der Waals surface area contributed by atoms with E-state index in [9.17, 15) is 14.0 Å². The van der Waals surface area contributed by atoms with Gasteiger partial charge in [-0.3, -0.25) is 10.1 Å². The van der Waals surface area contributed by atoms with Gasteiger partial charge in [0, 0.05) is 5.54 Å². The third-order valence-corrected chi connectivity index (χ3v) is 6.38. The number of benzene rings is 1. The van der Waals surface area contributed by atoms with Gasteiger partial charge in [0.25, 0.3) is 5.91 Å². The molecule has 6 heteroatoms. The second-order valence-electron chi connectivity index (χ2n) is 7.94. The van der Waals surface area contributed by atoms with Crippen LogP contribution in [0.5, 0.6) is 0 Å². The SMILES string of the molecule is O=C1NC2(CCCCCC2)C(=O)N1CNC1(c2ccc(F)cc2)CCC1. The van der Waals surface area contributed by atoms with E-state index in [-0.39, 0.29) is 30.0 Å². The molecule has 3 fully saturated rings. The zero-order chi connectivity index (χ0) is 18.2. The van der Waals surface area contributed by atoms with E-state index in [1.54, 1.807) is 12.1 Å². The van der Waals surface area contributed by atoms with Crippen LogP contribution in [-0.4, -0.2) is 29.0 Å². The van der Waals surface area contributed by atoms with Gasteiger partial charge in [0.1, 0.15) is 11.4 Å². The second-order valence-corrected chi connectivity index (χ2v) is 7.94. The summed E-state index contributed by atoms with van der Waals surface area (Å²) in [5.41, 5.74) is 0.0483. The molecule has 2 saturated carbocycles. The fourth-order valence-electron chi connectivity index (χ4n) is 4.59. The van der Waals surface area contributed by atoms with E-state index in [0.29, 0.717) is 0 Å². The normalized spacial score (nSPS) is 24.3. The zero-order valence-electron chi connectivity index (χ0n) is 15.0. The first-order valence-corrected chi connectivity index (χ1v) is 9.70. The van der Waals surface area contributed by atoms with Crippen LogP contribution in [0.15, 0.2) is 24.3 Å². The Kier molecular flexibility index (Phi) is 4.47. The molecule has 1 heterocycles. The van der Waals surface area contributed by atoms with Gasteiger partial charge in [-0.2, -0.15) is 0 Å². The minimum atomic E-state index is -0.697. The van der Waals surface area contributed by atoms with Gasteiger partial charge in [-0.1, -0.05) is 37.8 Å². The Bertz CT molecular complexity index is 692. The zero-order valence-corrected chi connectivity index (χ0v) is 15.0. The van der Waals surface area contributed by atoms with Crippen LogP contribution in [0.2, 0.25) is 0 Å². The highest BCUT2D eigenvalue weighted by molar-refractivity contribution is 6.07. The number of rotatable bonds is 4. The Labute approximate surface area is 153 Å². The van der Waals surface area contributed by atoms with Gasteiger partial charge in [0.2, 0.25) is 0 Å². The lowest BCUT2D eigenvalue weighted by molar-refractivity contribution is -0.132. The molecule has 1 aromatic carbocycles. The van der Waals surface area contributed by atoms with Crippen LogP contribution < -0.4 is 10.6 Å². The molecule has 1 aromatic rings. The monoisotopic (exact) mass is 359 g/mol. The quantitative estimate of drug-likeness (QED) is 0.810. The van der Waals surface area contributed by atoms with Crippen molar-refractivity contribution in [3.8, 4) is 0 Å². The standard InChI is InChI=1S/C20H26FN3O2/c21-16-8-6-15(7-9-16)19(12-5-13-19)22-14-24-17(25)20(23-18(24)26)10-3-1-2-4-11-20/h6-9,22H,1-5,10-14H2,(H,23,26). The second kappa shape index (κ2) is 6.65. The first-order valence-electron chi connectivity index (χ1n) is 9.70. The predicted molar refractivity (Wildman–Crippen MR) is 95.7 cm³/mol. The van der Waals surface area contributed by atoms with Crippen LogP contribution in [0, 0.1) is 5.82 Å². The molecule has 3 amide bonds. The van der Waals surface area contributed by atoms with Crippen molar-refractivity contribution in [3.05, 3.63) is 35.6 Å². The molecule has 5 nitrogen and oxygen atoms in total. The fourth-order valence-corrected chi connectivity index (χ4v) is 4.59. The summed E-state index contributed by atoms with van der Waals surface area (Å²) in [5, 5.41) is 6.41. The van der Waals surface area contributed by atoms with Gasteiger partial charge >= 0.3 is 6.03 Å². The third kappa shape index (κ3) is 2.90. The first-order chi connectivity index (χ1) is 12.5. The van der Waals surface area contributed by atoms with Gasteiger partial charge in [-0.05, 0) is 49.8 Å². The largest absolute Gasteiger partial charge is 0.326 e. The number of hydrogen-bond acceptors (Lipinski definition) is 3. The molecule has 0 aromatic heterocycles. The molecule has 1 spiro atoms. The Hall–Kier alpha value is -1.95. The highest BCUT2D eigenvalue weighted by atomic mass is 19.1. The molecule has 1 aliphatic heterocycles. The summed E-state index contributed by atoms with van der Waals surface area (Å²) in [6, 6.07) is 6.22. The Morgan fingerprint density at radius 1 is 0.962 bits per heavy atom. The van der Waals surface area contributed by atoms with Crippen molar-refractivity contribution in [3.63, 3.8) is 0 Å². The maximum absolute atomic E-state index is 13.2. The molecule has 0 atom stereocenters. The molecule has 1 saturated heterocycles. The summed E-state index contributed by atoms with van der Waals surface area (Å²) < 4.78 is 13.2. The van der Waals surface area contributed by atoms with Crippen LogP contribution in [0.4, 0.5) is 9.18 Å². The van der Waals surface area contributed by atoms with Gasteiger partial charge < -0.3 is 5.32 Å². The average Bonchev–Trinajstić information content (AvgIpc) is 2.76. The van der Waals surface area contributed by atoms with E-state index in [1.807, 2.05) is 0 Å². The molecule has 2 aliphatic carbocycles. The number of hydrogen-bond donors (Lipinski definition) is 2. The molecule has 4 rings (SSSR count). The molecule has 0 radical (unpaired) electrons. The highest BCUT2D eigenvalue weighted by Crippen LogP contribution is 2.41. The number of nitrogens with zero attached hydrogens (tertiary/aromatic N) is 1. The van der Waals surface area contributed by atoms with Crippen molar-refractivity contribution < 1.29 is 14.0 Å². The van der Waals surface area contributed by atoms with E-state index in [0.717, 1.165) is 63.4 Å². The van der Waals surface area contributed by atoms with Crippen molar-refractivity contribution >= 4 is 11.9 Å². The Morgan fingerprint density at radius 2 is 1.62 bits per heavy atom. The summed E-state index contributed by atoms with van der Waals surface area (Å²) in [6.07, 6.45) is 8.59. The number of amides is 3. The summed E-state index contributed by atoms with van der Waals surface area (Å²) in [5.74, 6) is -0.349. The minimum absolute atomic E-state index is 0.0921. The predicted octanol–water partition coefficient (Wildman–Crippen LogP) is 3.40. The highest BCUT2D eigenvalue weighted by Gasteiger charge is 2.51. The van der Waals surface area contributed by atoms with Crippen LogP contribution in [-0.2, 0) is 10.3 Å². The number of halogens is 1. The van der Waals surface area contributed by atoms with Gasteiger partial charge in [-0.25, -0.2) is 14.1 Å². The summed E-state index contributed by atoms with van der Waals surface area (Å²) in [6.45, 7) is 0.198. The molecule has 2 N–H and O–H groups in total. The van der Waals surface area contributed by atoms with E-state index in [1.165, 1.54) is 17.0 Å². The van der Waals surface area contributed by atoms with Gasteiger partial charge in [0.15, 0.2) is 0 Å². The van der Waals surface area contributed by atoms with Crippen molar-refractivity contribution in [1.29, 1.82) is 0 Å². The minimum Gasteiger partial charge on any atom is -0.323 e. The Morgan fingerprint density at radius 3 is 2.19 bits per heavy atom. The third-order valence-electron chi connectivity index (χ3n) is 6.38. The van der Waals surface area contributed by atoms with E-state index in [4.69, 9.17) is 0 Å². The number of carbonyl (C=O) groups excluding carboxylic acids is 2. The van der Waals surface area contributed by atoms with Gasteiger partial charge in [-0.15, -0.1) is 0 Å². The Balaban J connectivity index is 1.47. The van der Waals surface area contributed by atoms with Crippen LogP contribution >= 0.6 is 0 Å². The smallest absolute Gasteiger partial charge is 0.323 e. The molecule has 26 heavy (non-hydrogen) atoms. The van der Waals surface area contributed by atoms with E-state index in [2.05, 4.69) is 10.6 Å². The lowest BCUT2D eigenvalue weighted by atomic mass is 9.72. The van der Waals surface area contributed by atoms with Gasteiger partial charge in [0.05, 0.1) is 6.67 Å². The topological polar surface area (TPSA) is 61.4 Å². The number of imide groups is 1. The van der Waals surface area contributed by atoms with Crippen molar-refractivity contribution in [1.82, 2.24) is 15.5 Å². The van der Waals surface area contributed by atoms with Crippen molar-refractivity contribution in [2.45, 2.75) is 68.9 Å². The van der Waals surface area contributed by atoms with Crippen LogP contribution in [0.1, 0.15) is 63.4 Å². The maximum Gasteiger partial charge on any atom is 0.326 e. The summed E-state index contributed by atoms with van der Waals surface area (Å²) in [7, 11) is 0. The molecule has 0 bridgehead atoms. The molecule has 140 valence electrons.